The van der Waals surface area contributed by atoms with Crippen LogP contribution in [0.2, 0.25) is 0 Å². The highest BCUT2D eigenvalue weighted by atomic mass is 32.2. The molecule has 25 heavy (non-hydrogen) atoms. The molecule has 0 radical (unpaired) electrons. The molecule has 2 atom stereocenters. The fourth-order valence-electron chi connectivity index (χ4n) is 2.82. The zero-order valence-corrected chi connectivity index (χ0v) is 14.7. The Bertz CT molecular complexity index is 767. The van der Waals surface area contributed by atoms with Crippen LogP contribution in [0, 0.1) is 0 Å². The molecule has 0 aliphatic heterocycles. The minimum atomic E-state index is -3.28. The second-order valence-corrected chi connectivity index (χ2v) is 8.62. The van der Waals surface area contributed by atoms with Crippen molar-refractivity contribution < 1.29 is 27.9 Å². The average molecular weight is 367 g/mol. The van der Waals surface area contributed by atoms with Crippen molar-refractivity contribution in [3.63, 3.8) is 0 Å². The van der Waals surface area contributed by atoms with Gasteiger partial charge in [-0.15, -0.1) is 0 Å². The highest BCUT2D eigenvalue weighted by Gasteiger charge is 2.36. The second kappa shape index (κ2) is 7.13. The fourth-order valence-corrected chi connectivity index (χ4v) is 4.48. The Labute approximate surface area is 146 Å². The number of hydrogen-bond acceptors (Lipinski definition) is 7. The number of aliphatic hydroxyl groups is 1. The number of nitrogens with zero attached hydrogens (tertiary/aromatic N) is 1. The number of hydrogen-bond donors (Lipinski definition) is 1. The SMILES string of the molecule is COC(=O)/C(=N/O[C@@H]1CCC(O)C1)c1ccc(S(=O)(=O)C2CC2)cc1. The third kappa shape index (κ3) is 4.01. The smallest absolute Gasteiger partial charge is 0.360 e. The van der Waals surface area contributed by atoms with Crippen molar-refractivity contribution in [1.29, 1.82) is 0 Å². The summed E-state index contributed by atoms with van der Waals surface area (Å²) in [6, 6.07) is 6.00. The van der Waals surface area contributed by atoms with Gasteiger partial charge in [0.1, 0.15) is 6.10 Å². The van der Waals surface area contributed by atoms with Gasteiger partial charge in [-0.05, 0) is 37.8 Å². The highest BCUT2D eigenvalue weighted by molar-refractivity contribution is 7.92. The Kier molecular flexibility index (Phi) is 5.10. The highest BCUT2D eigenvalue weighted by Crippen LogP contribution is 2.33. The first-order valence-corrected chi connectivity index (χ1v) is 9.81. The maximum absolute atomic E-state index is 12.2. The van der Waals surface area contributed by atoms with E-state index in [1.54, 1.807) is 0 Å². The third-order valence-electron chi connectivity index (χ3n) is 4.45. The van der Waals surface area contributed by atoms with E-state index in [1.807, 2.05) is 0 Å². The van der Waals surface area contributed by atoms with Crippen molar-refractivity contribution in [2.45, 2.75) is 54.5 Å². The summed E-state index contributed by atoms with van der Waals surface area (Å²) in [7, 11) is -2.04. The second-order valence-electron chi connectivity index (χ2n) is 6.39. The third-order valence-corrected chi connectivity index (χ3v) is 6.73. The minimum absolute atomic E-state index is 0.0285. The number of sulfone groups is 1. The molecule has 2 aliphatic rings. The molecule has 1 unspecified atom stereocenters. The molecule has 0 bridgehead atoms. The van der Waals surface area contributed by atoms with E-state index in [0.717, 1.165) is 0 Å². The number of rotatable bonds is 6. The van der Waals surface area contributed by atoms with E-state index in [1.165, 1.54) is 31.4 Å². The standard InChI is InChI=1S/C17H21NO6S/c1-23-17(20)16(18-24-13-5-4-12(19)10-13)11-2-6-14(7-3-11)25(21,22)15-8-9-15/h2-3,6-7,12-13,15,19H,4-5,8-10H2,1H3/b18-16+/t12?,13-/m1/s1. The molecule has 1 aromatic rings. The van der Waals surface area contributed by atoms with Crippen molar-refractivity contribution in [2.24, 2.45) is 5.16 Å². The van der Waals surface area contributed by atoms with Gasteiger partial charge in [0.05, 0.1) is 23.4 Å². The first-order chi connectivity index (χ1) is 11.9. The summed E-state index contributed by atoms with van der Waals surface area (Å²) in [5.74, 6) is -0.670. The van der Waals surface area contributed by atoms with Crippen LogP contribution in [0.4, 0.5) is 0 Å². The average Bonchev–Trinajstić information content (AvgIpc) is 3.39. The van der Waals surface area contributed by atoms with Crippen molar-refractivity contribution >= 4 is 21.5 Å². The molecule has 8 heteroatoms. The molecule has 0 spiro atoms. The van der Waals surface area contributed by atoms with E-state index < -0.39 is 21.9 Å². The van der Waals surface area contributed by atoms with Gasteiger partial charge in [0.25, 0.3) is 0 Å². The zero-order valence-electron chi connectivity index (χ0n) is 13.9. The van der Waals surface area contributed by atoms with E-state index >= 15 is 0 Å². The van der Waals surface area contributed by atoms with Crippen LogP contribution in [-0.4, -0.2) is 49.8 Å². The summed E-state index contributed by atoms with van der Waals surface area (Å²) in [6.07, 6.45) is 2.51. The Morgan fingerprint density at radius 2 is 1.84 bits per heavy atom. The number of benzene rings is 1. The van der Waals surface area contributed by atoms with Gasteiger partial charge >= 0.3 is 5.97 Å². The Balaban J connectivity index is 1.80. The lowest BCUT2D eigenvalue weighted by molar-refractivity contribution is -0.132. The number of esters is 1. The quantitative estimate of drug-likeness (QED) is 0.464. The molecule has 0 amide bonds. The topological polar surface area (TPSA) is 102 Å². The lowest BCUT2D eigenvalue weighted by atomic mass is 10.1. The predicted molar refractivity (Wildman–Crippen MR) is 89.9 cm³/mol. The van der Waals surface area contributed by atoms with E-state index in [2.05, 4.69) is 5.16 Å². The van der Waals surface area contributed by atoms with E-state index in [4.69, 9.17) is 9.57 Å². The zero-order chi connectivity index (χ0) is 18.0. The van der Waals surface area contributed by atoms with Crippen molar-refractivity contribution in [3.8, 4) is 0 Å². The number of methoxy groups -OCH3 is 1. The van der Waals surface area contributed by atoms with Crippen LogP contribution in [0.25, 0.3) is 0 Å². The van der Waals surface area contributed by atoms with Crippen molar-refractivity contribution in [2.75, 3.05) is 7.11 Å². The number of aliphatic hydroxyl groups excluding tert-OH is 1. The van der Waals surface area contributed by atoms with Crippen LogP contribution >= 0.6 is 0 Å². The van der Waals surface area contributed by atoms with Gasteiger partial charge in [-0.25, -0.2) is 13.2 Å². The van der Waals surface area contributed by atoms with Gasteiger partial charge < -0.3 is 14.7 Å². The van der Waals surface area contributed by atoms with Crippen LogP contribution in [0.3, 0.4) is 0 Å². The number of ether oxygens (including phenoxy) is 1. The van der Waals surface area contributed by atoms with Gasteiger partial charge in [-0.3, -0.25) is 0 Å². The lowest BCUT2D eigenvalue weighted by Crippen LogP contribution is -2.19. The van der Waals surface area contributed by atoms with Crippen LogP contribution in [0.1, 0.15) is 37.7 Å². The fraction of sp³-hybridized carbons (Fsp3) is 0.529. The lowest BCUT2D eigenvalue weighted by Gasteiger charge is -2.10. The van der Waals surface area contributed by atoms with E-state index in [9.17, 15) is 18.3 Å². The van der Waals surface area contributed by atoms with E-state index in [-0.39, 0.29) is 22.0 Å². The van der Waals surface area contributed by atoms with Crippen molar-refractivity contribution in [3.05, 3.63) is 29.8 Å². The molecule has 0 saturated heterocycles. The first kappa shape index (κ1) is 17.9. The largest absolute Gasteiger partial charge is 0.464 e. The van der Waals surface area contributed by atoms with Crippen molar-refractivity contribution in [1.82, 2.24) is 0 Å². The number of oxime groups is 1. The summed E-state index contributed by atoms with van der Waals surface area (Å²) < 4.78 is 29.2. The van der Waals surface area contributed by atoms with Gasteiger partial charge in [0, 0.05) is 12.0 Å². The normalized spacial score (nSPS) is 24.2. The van der Waals surface area contributed by atoms with Crippen LogP contribution < -0.4 is 0 Å². The molecule has 3 rings (SSSR count). The summed E-state index contributed by atoms with van der Waals surface area (Å²) in [4.78, 5) is 17.6. The number of carbonyl (C=O) groups excluding carboxylic acids is 1. The molecule has 2 fully saturated rings. The molecule has 0 heterocycles. The number of carbonyl (C=O) groups is 1. The Hall–Kier alpha value is -1.93. The molecule has 0 aromatic heterocycles. The van der Waals surface area contributed by atoms with Gasteiger partial charge in [-0.2, -0.15) is 0 Å². The monoisotopic (exact) mass is 367 g/mol. The molecule has 2 aliphatic carbocycles. The molecule has 136 valence electrons. The van der Waals surface area contributed by atoms with E-state index in [0.29, 0.717) is 37.7 Å². The molecular weight excluding hydrogens is 346 g/mol. The first-order valence-electron chi connectivity index (χ1n) is 8.26. The molecule has 1 aromatic carbocycles. The Morgan fingerprint density at radius 3 is 2.36 bits per heavy atom. The summed E-state index contributed by atoms with van der Waals surface area (Å²) in [5.41, 5.74) is 0.388. The summed E-state index contributed by atoms with van der Waals surface area (Å²) in [5, 5.41) is 13.1. The Morgan fingerprint density at radius 1 is 1.16 bits per heavy atom. The van der Waals surface area contributed by atoms with Crippen LogP contribution in [0.15, 0.2) is 34.3 Å². The van der Waals surface area contributed by atoms with Crippen LogP contribution in [-0.2, 0) is 24.2 Å². The van der Waals surface area contributed by atoms with Gasteiger partial charge in [-0.1, -0.05) is 17.3 Å². The van der Waals surface area contributed by atoms with Gasteiger partial charge in [0.2, 0.25) is 0 Å². The molecule has 1 N–H and O–H groups in total. The van der Waals surface area contributed by atoms with Gasteiger partial charge in [0.15, 0.2) is 15.5 Å². The molecule has 7 nitrogen and oxygen atoms in total. The summed E-state index contributed by atoms with van der Waals surface area (Å²) in [6.45, 7) is 0. The minimum Gasteiger partial charge on any atom is -0.464 e. The maximum Gasteiger partial charge on any atom is 0.360 e. The molecular formula is C17H21NO6S. The summed E-state index contributed by atoms with van der Waals surface area (Å²) >= 11 is 0. The van der Waals surface area contributed by atoms with Crippen LogP contribution in [0.5, 0.6) is 0 Å². The molecule has 2 saturated carbocycles. The predicted octanol–water partition coefficient (Wildman–Crippen LogP) is 1.43. The maximum atomic E-state index is 12.2.